The van der Waals surface area contributed by atoms with Crippen LogP contribution in [0.3, 0.4) is 0 Å². The first-order valence-corrected chi connectivity index (χ1v) is 9.13. The number of hydrogen-bond donors (Lipinski definition) is 1. The molecule has 0 radical (unpaired) electrons. The van der Waals surface area contributed by atoms with Crippen LogP contribution in [-0.2, 0) is 0 Å². The fourth-order valence-electron chi connectivity index (χ4n) is 3.89. The average molecular weight is 333 g/mol. The zero-order valence-electron chi connectivity index (χ0n) is 14.3. The molecule has 0 aliphatic carbocycles. The molecule has 0 aromatic heterocycles. The van der Waals surface area contributed by atoms with Crippen LogP contribution in [0.25, 0.3) is 0 Å². The Morgan fingerprint density at radius 1 is 1.04 bits per heavy atom. The van der Waals surface area contributed by atoms with Gasteiger partial charge in [-0.2, -0.15) is 0 Å². The lowest BCUT2D eigenvalue weighted by Crippen LogP contribution is -2.44. The highest BCUT2D eigenvalue weighted by molar-refractivity contribution is 5.94. The van der Waals surface area contributed by atoms with Crippen molar-refractivity contribution in [1.29, 1.82) is 0 Å². The average Bonchev–Trinajstić information content (AvgIpc) is 2.63. The molecule has 3 rings (SSSR count). The van der Waals surface area contributed by atoms with Crippen LogP contribution in [0.15, 0.2) is 24.3 Å². The summed E-state index contributed by atoms with van der Waals surface area (Å²) in [5.41, 5.74) is 5.95. The van der Waals surface area contributed by atoms with Gasteiger partial charge in [-0.1, -0.05) is 12.1 Å². The largest absolute Gasteiger partial charge is 0.339 e. The molecule has 1 aromatic carbocycles. The van der Waals surface area contributed by atoms with Crippen molar-refractivity contribution in [2.24, 2.45) is 17.6 Å². The molecule has 1 amide bonds. The molecule has 2 N–H and O–H groups in total. The van der Waals surface area contributed by atoms with Crippen molar-refractivity contribution in [3.05, 3.63) is 35.6 Å². The number of rotatable bonds is 4. The van der Waals surface area contributed by atoms with E-state index in [9.17, 15) is 9.18 Å². The van der Waals surface area contributed by atoms with Crippen LogP contribution < -0.4 is 5.73 Å². The summed E-state index contributed by atoms with van der Waals surface area (Å²) in [7, 11) is 0. The first kappa shape index (κ1) is 17.4. The Balaban J connectivity index is 1.46. The highest BCUT2D eigenvalue weighted by atomic mass is 19.1. The lowest BCUT2D eigenvalue weighted by Gasteiger charge is -2.37. The third-order valence-electron chi connectivity index (χ3n) is 5.56. The molecule has 2 fully saturated rings. The number of nitrogens with zero attached hydrogens (tertiary/aromatic N) is 2. The van der Waals surface area contributed by atoms with E-state index in [0.717, 1.165) is 52.1 Å². The minimum Gasteiger partial charge on any atom is -0.339 e. The molecule has 0 saturated carbocycles. The fourth-order valence-corrected chi connectivity index (χ4v) is 3.89. The number of carbonyl (C=O) groups excluding carboxylic acids is 1. The third-order valence-corrected chi connectivity index (χ3v) is 5.56. The van der Waals surface area contributed by atoms with Gasteiger partial charge in [-0.05, 0) is 69.3 Å². The van der Waals surface area contributed by atoms with Crippen LogP contribution in [0.5, 0.6) is 0 Å². The van der Waals surface area contributed by atoms with Gasteiger partial charge < -0.3 is 15.5 Å². The summed E-state index contributed by atoms with van der Waals surface area (Å²) in [6.45, 7) is 5.70. The summed E-state index contributed by atoms with van der Waals surface area (Å²) in [5.74, 6) is 0.744. The van der Waals surface area contributed by atoms with E-state index < -0.39 is 5.82 Å². The Labute approximate surface area is 143 Å². The van der Waals surface area contributed by atoms with Gasteiger partial charge in [-0.25, -0.2) is 4.39 Å². The highest BCUT2D eigenvalue weighted by Gasteiger charge is 2.27. The maximum absolute atomic E-state index is 13.8. The van der Waals surface area contributed by atoms with E-state index in [4.69, 9.17) is 5.73 Å². The quantitative estimate of drug-likeness (QED) is 0.920. The van der Waals surface area contributed by atoms with Crippen LogP contribution in [0.1, 0.15) is 36.0 Å². The van der Waals surface area contributed by atoms with Crippen molar-refractivity contribution >= 4 is 5.91 Å². The van der Waals surface area contributed by atoms with Crippen LogP contribution in [0.4, 0.5) is 4.39 Å². The predicted molar refractivity (Wildman–Crippen MR) is 93.2 cm³/mol. The summed E-state index contributed by atoms with van der Waals surface area (Å²) in [6, 6.07) is 6.26. The van der Waals surface area contributed by atoms with Crippen molar-refractivity contribution in [2.45, 2.75) is 25.7 Å². The van der Waals surface area contributed by atoms with Crippen LogP contribution in [0.2, 0.25) is 0 Å². The van der Waals surface area contributed by atoms with Gasteiger partial charge >= 0.3 is 0 Å². The Bertz CT molecular complexity index is 549. The Morgan fingerprint density at radius 3 is 2.29 bits per heavy atom. The number of nitrogens with two attached hydrogens (primary N) is 1. The van der Waals surface area contributed by atoms with E-state index >= 15 is 0 Å². The number of carbonyl (C=O) groups is 1. The molecule has 0 spiro atoms. The molecule has 2 aliphatic heterocycles. The molecule has 0 atom stereocenters. The van der Waals surface area contributed by atoms with Crippen molar-refractivity contribution in [3.8, 4) is 0 Å². The summed E-state index contributed by atoms with van der Waals surface area (Å²) < 4.78 is 13.8. The molecule has 1 aromatic rings. The second kappa shape index (κ2) is 8.08. The number of piperidine rings is 2. The van der Waals surface area contributed by atoms with Gasteiger partial charge in [0, 0.05) is 19.6 Å². The summed E-state index contributed by atoms with van der Waals surface area (Å²) in [6.07, 6.45) is 4.44. The number of hydrogen-bond acceptors (Lipinski definition) is 3. The second-order valence-electron chi connectivity index (χ2n) is 7.20. The van der Waals surface area contributed by atoms with E-state index in [1.54, 1.807) is 23.1 Å². The summed E-state index contributed by atoms with van der Waals surface area (Å²) >= 11 is 0. The minimum absolute atomic E-state index is 0.171. The van der Waals surface area contributed by atoms with Crippen LogP contribution in [-0.4, -0.2) is 55.0 Å². The standard InChI is InChI=1S/C19H28FN3O/c20-18-4-2-1-3-17(18)19(24)23-11-7-16(8-12-23)14-22-9-5-15(13-21)6-10-22/h1-4,15-16H,5-14,21H2. The zero-order valence-corrected chi connectivity index (χ0v) is 14.3. The number of halogens is 1. The Kier molecular flexibility index (Phi) is 5.85. The van der Waals surface area contributed by atoms with Crippen LogP contribution in [0, 0.1) is 17.7 Å². The number of amides is 1. The highest BCUT2D eigenvalue weighted by Crippen LogP contribution is 2.23. The molecular formula is C19H28FN3O. The smallest absolute Gasteiger partial charge is 0.256 e. The van der Waals surface area contributed by atoms with Gasteiger partial charge in [0.05, 0.1) is 5.56 Å². The molecule has 2 aliphatic rings. The molecule has 0 unspecified atom stereocenters. The van der Waals surface area contributed by atoms with Gasteiger partial charge in [0.25, 0.3) is 5.91 Å². The lowest BCUT2D eigenvalue weighted by molar-refractivity contribution is 0.0648. The molecule has 5 heteroatoms. The Hall–Kier alpha value is -1.46. The Morgan fingerprint density at radius 2 is 1.67 bits per heavy atom. The minimum atomic E-state index is -0.424. The van der Waals surface area contributed by atoms with Crippen molar-refractivity contribution in [3.63, 3.8) is 0 Å². The number of likely N-dealkylation sites (tertiary alicyclic amines) is 2. The van der Waals surface area contributed by atoms with Crippen LogP contribution >= 0.6 is 0 Å². The van der Waals surface area contributed by atoms with Crippen molar-refractivity contribution < 1.29 is 9.18 Å². The second-order valence-corrected chi connectivity index (χ2v) is 7.20. The third kappa shape index (κ3) is 4.14. The monoisotopic (exact) mass is 333 g/mol. The SMILES string of the molecule is NCC1CCN(CC2CCN(C(=O)c3ccccc3F)CC2)CC1. The molecule has 24 heavy (non-hydrogen) atoms. The van der Waals surface area contributed by atoms with E-state index in [-0.39, 0.29) is 11.5 Å². The first-order chi connectivity index (χ1) is 11.7. The molecular weight excluding hydrogens is 305 g/mol. The van der Waals surface area contributed by atoms with E-state index in [2.05, 4.69) is 4.90 Å². The molecule has 0 bridgehead atoms. The summed E-state index contributed by atoms with van der Waals surface area (Å²) in [4.78, 5) is 16.8. The fraction of sp³-hybridized carbons (Fsp3) is 0.632. The molecule has 4 nitrogen and oxygen atoms in total. The van der Waals surface area contributed by atoms with E-state index in [1.165, 1.54) is 18.9 Å². The summed E-state index contributed by atoms with van der Waals surface area (Å²) in [5, 5.41) is 0. The van der Waals surface area contributed by atoms with Gasteiger partial charge in [0.1, 0.15) is 5.82 Å². The topological polar surface area (TPSA) is 49.6 Å². The molecule has 132 valence electrons. The normalized spacial score (nSPS) is 21.2. The lowest BCUT2D eigenvalue weighted by atomic mass is 9.92. The van der Waals surface area contributed by atoms with Gasteiger partial charge in [0.2, 0.25) is 0 Å². The van der Waals surface area contributed by atoms with E-state index in [0.29, 0.717) is 11.8 Å². The maximum atomic E-state index is 13.8. The van der Waals surface area contributed by atoms with E-state index in [1.807, 2.05) is 0 Å². The first-order valence-electron chi connectivity index (χ1n) is 9.13. The molecule has 2 heterocycles. The molecule has 2 saturated heterocycles. The van der Waals surface area contributed by atoms with Gasteiger partial charge in [-0.15, -0.1) is 0 Å². The van der Waals surface area contributed by atoms with Crippen molar-refractivity contribution in [1.82, 2.24) is 9.80 Å². The predicted octanol–water partition coefficient (Wildman–Crippen LogP) is 2.35. The van der Waals surface area contributed by atoms with Gasteiger partial charge in [-0.3, -0.25) is 4.79 Å². The van der Waals surface area contributed by atoms with Crippen molar-refractivity contribution in [2.75, 3.05) is 39.3 Å². The maximum Gasteiger partial charge on any atom is 0.256 e. The van der Waals surface area contributed by atoms with Gasteiger partial charge in [0.15, 0.2) is 0 Å². The zero-order chi connectivity index (χ0) is 16.9. The number of benzene rings is 1.